The standard InChI is InChI=1S/C27H24N2O5/c1-2-33-25-15-21(14-23(16-28)26(30)29-17-19-6-4-3-5-7-19)10-13-24(25)34-18-20-8-11-22(12-9-20)27(31)32/h3-15H,2,17-18H2,1H3,(H,29,30)(H,31,32). The lowest BCUT2D eigenvalue weighted by Crippen LogP contribution is -2.23. The molecule has 0 atom stereocenters. The van der Waals surface area contributed by atoms with Crippen molar-refractivity contribution < 1.29 is 24.2 Å². The van der Waals surface area contributed by atoms with Crippen molar-refractivity contribution in [2.45, 2.75) is 20.1 Å². The Morgan fingerprint density at radius 3 is 2.35 bits per heavy atom. The Labute approximate surface area is 197 Å². The van der Waals surface area contributed by atoms with Gasteiger partial charge in [0.25, 0.3) is 5.91 Å². The van der Waals surface area contributed by atoms with Crippen LogP contribution in [0.2, 0.25) is 0 Å². The van der Waals surface area contributed by atoms with Gasteiger partial charge in [-0.25, -0.2) is 4.79 Å². The zero-order chi connectivity index (χ0) is 24.3. The number of hydrogen-bond donors (Lipinski definition) is 2. The summed E-state index contributed by atoms with van der Waals surface area (Å²) in [5.74, 6) is -0.483. The molecule has 0 unspecified atom stereocenters. The fourth-order valence-corrected chi connectivity index (χ4v) is 3.10. The predicted molar refractivity (Wildman–Crippen MR) is 127 cm³/mol. The van der Waals surface area contributed by atoms with Crippen LogP contribution in [0, 0.1) is 11.3 Å². The number of carbonyl (C=O) groups is 2. The average molecular weight is 456 g/mol. The number of amides is 1. The van der Waals surface area contributed by atoms with Crippen molar-refractivity contribution in [2.24, 2.45) is 0 Å². The molecule has 0 aliphatic carbocycles. The molecule has 0 saturated carbocycles. The first kappa shape index (κ1) is 24.1. The Kier molecular flexibility index (Phi) is 8.42. The Balaban J connectivity index is 1.71. The van der Waals surface area contributed by atoms with Crippen molar-refractivity contribution in [3.63, 3.8) is 0 Å². The van der Waals surface area contributed by atoms with Gasteiger partial charge in [-0.15, -0.1) is 0 Å². The minimum Gasteiger partial charge on any atom is -0.490 e. The Morgan fingerprint density at radius 1 is 0.971 bits per heavy atom. The van der Waals surface area contributed by atoms with Gasteiger partial charge in [-0.2, -0.15) is 5.26 Å². The van der Waals surface area contributed by atoms with Gasteiger partial charge < -0.3 is 19.9 Å². The monoisotopic (exact) mass is 456 g/mol. The summed E-state index contributed by atoms with van der Waals surface area (Å²) in [6.45, 7) is 2.79. The molecule has 1 amide bonds. The molecule has 2 N–H and O–H groups in total. The van der Waals surface area contributed by atoms with Crippen LogP contribution < -0.4 is 14.8 Å². The molecule has 0 heterocycles. The molecular formula is C27H24N2O5. The first-order valence-corrected chi connectivity index (χ1v) is 10.7. The van der Waals surface area contributed by atoms with Crippen molar-refractivity contribution in [3.05, 3.63) is 101 Å². The molecule has 0 fully saturated rings. The fourth-order valence-electron chi connectivity index (χ4n) is 3.10. The third-order valence-electron chi connectivity index (χ3n) is 4.83. The van der Waals surface area contributed by atoms with E-state index in [1.54, 1.807) is 30.3 Å². The second-order valence-electron chi connectivity index (χ2n) is 7.27. The van der Waals surface area contributed by atoms with E-state index in [9.17, 15) is 14.9 Å². The molecule has 0 saturated heterocycles. The van der Waals surface area contributed by atoms with Crippen molar-refractivity contribution in [3.8, 4) is 17.6 Å². The summed E-state index contributed by atoms with van der Waals surface area (Å²) >= 11 is 0. The van der Waals surface area contributed by atoms with Gasteiger partial charge in [0.15, 0.2) is 11.5 Å². The van der Waals surface area contributed by atoms with Gasteiger partial charge in [0.05, 0.1) is 12.2 Å². The lowest BCUT2D eigenvalue weighted by Gasteiger charge is -2.13. The first-order chi connectivity index (χ1) is 16.5. The van der Waals surface area contributed by atoms with Crippen LogP contribution in [0.3, 0.4) is 0 Å². The lowest BCUT2D eigenvalue weighted by atomic mass is 10.1. The number of ether oxygens (including phenoxy) is 2. The van der Waals surface area contributed by atoms with Crippen molar-refractivity contribution in [2.75, 3.05) is 6.61 Å². The van der Waals surface area contributed by atoms with E-state index in [0.717, 1.165) is 11.1 Å². The number of aromatic carboxylic acids is 1. The van der Waals surface area contributed by atoms with Gasteiger partial charge in [-0.3, -0.25) is 4.79 Å². The third-order valence-corrected chi connectivity index (χ3v) is 4.83. The molecule has 7 nitrogen and oxygen atoms in total. The molecule has 3 aromatic rings. The molecule has 0 spiro atoms. The van der Waals surface area contributed by atoms with Gasteiger partial charge in [0, 0.05) is 6.54 Å². The van der Waals surface area contributed by atoms with E-state index in [1.807, 2.05) is 43.3 Å². The molecule has 34 heavy (non-hydrogen) atoms. The van der Waals surface area contributed by atoms with Crippen LogP contribution in [0.5, 0.6) is 11.5 Å². The Bertz CT molecular complexity index is 1210. The van der Waals surface area contributed by atoms with Crippen LogP contribution in [0.15, 0.2) is 78.4 Å². The van der Waals surface area contributed by atoms with E-state index in [2.05, 4.69) is 5.32 Å². The number of nitriles is 1. The highest BCUT2D eigenvalue weighted by Crippen LogP contribution is 2.30. The molecule has 0 aromatic heterocycles. The van der Waals surface area contributed by atoms with E-state index >= 15 is 0 Å². The molecule has 0 aliphatic rings. The Morgan fingerprint density at radius 2 is 1.71 bits per heavy atom. The van der Waals surface area contributed by atoms with Crippen molar-refractivity contribution in [1.82, 2.24) is 5.32 Å². The second-order valence-corrected chi connectivity index (χ2v) is 7.27. The largest absolute Gasteiger partial charge is 0.490 e. The molecule has 0 radical (unpaired) electrons. The summed E-state index contributed by atoms with van der Waals surface area (Å²) in [5.41, 5.74) is 2.54. The minimum absolute atomic E-state index is 0.0226. The van der Waals surface area contributed by atoms with E-state index in [1.165, 1.54) is 18.2 Å². The van der Waals surface area contributed by atoms with Crippen LogP contribution in [-0.2, 0) is 17.9 Å². The van der Waals surface area contributed by atoms with E-state index < -0.39 is 11.9 Å². The second kappa shape index (κ2) is 11.9. The highest BCUT2D eigenvalue weighted by Gasteiger charge is 2.11. The number of carbonyl (C=O) groups excluding carboxylic acids is 1. The zero-order valence-corrected chi connectivity index (χ0v) is 18.7. The molecular weight excluding hydrogens is 432 g/mol. The van der Waals surface area contributed by atoms with Gasteiger partial charge in [-0.1, -0.05) is 48.5 Å². The normalized spacial score (nSPS) is 10.8. The van der Waals surface area contributed by atoms with Crippen LogP contribution in [-0.4, -0.2) is 23.6 Å². The number of benzene rings is 3. The van der Waals surface area contributed by atoms with Crippen LogP contribution in [0.1, 0.15) is 34.0 Å². The maximum absolute atomic E-state index is 12.5. The number of carboxylic acid groups (broad SMARTS) is 1. The molecule has 0 aliphatic heterocycles. The number of carboxylic acids is 1. The SMILES string of the molecule is CCOc1cc(C=C(C#N)C(=O)NCc2ccccc2)ccc1OCc1ccc(C(=O)O)cc1. The Hall–Kier alpha value is -4.57. The van der Waals surface area contributed by atoms with E-state index in [4.69, 9.17) is 14.6 Å². The maximum Gasteiger partial charge on any atom is 0.335 e. The molecule has 0 bridgehead atoms. The summed E-state index contributed by atoms with van der Waals surface area (Å²) in [6, 6.07) is 22.9. The summed E-state index contributed by atoms with van der Waals surface area (Å²) in [5, 5.41) is 21.2. The quantitative estimate of drug-likeness (QED) is 0.341. The van der Waals surface area contributed by atoms with E-state index in [-0.39, 0.29) is 17.7 Å². The molecule has 7 heteroatoms. The molecule has 3 aromatic carbocycles. The maximum atomic E-state index is 12.5. The summed E-state index contributed by atoms with van der Waals surface area (Å²) in [4.78, 5) is 23.4. The predicted octanol–water partition coefficient (Wildman–Crippen LogP) is 4.59. The van der Waals surface area contributed by atoms with Gasteiger partial charge in [-0.05, 0) is 54.0 Å². The highest BCUT2D eigenvalue weighted by atomic mass is 16.5. The number of nitrogens with one attached hydrogen (secondary N) is 1. The minimum atomic E-state index is -0.986. The smallest absolute Gasteiger partial charge is 0.335 e. The number of hydrogen-bond acceptors (Lipinski definition) is 5. The number of rotatable bonds is 10. The summed E-state index contributed by atoms with van der Waals surface area (Å²) in [6.07, 6.45) is 1.50. The zero-order valence-electron chi connectivity index (χ0n) is 18.7. The van der Waals surface area contributed by atoms with Crippen molar-refractivity contribution >= 4 is 18.0 Å². The molecule has 172 valence electrons. The third kappa shape index (κ3) is 6.71. The van der Waals surface area contributed by atoms with Gasteiger partial charge in [0.2, 0.25) is 0 Å². The number of nitrogens with zero attached hydrogens (tertiary/aromatic N) is 1. The first-order valence-electron chi connectivity index (χ1n) is 10.7. The van der Waals surface area contributed by atoms with Crippen molar-refractivity contribution in [1.29, 1.82) is 5.26 Å². The van der Waals surface area contributed by atoms with Crippen LogP contribution in [0.4, 0.5) is 0 Å². The summed E-state index contributed by atoms with van der Waals surface area (Å²) < 4.78 is 11.5. The highest BCUT2D eigenvalue weighted by molar-refractivity contribution is 6.01. The van der Waals surface area contributed by atoms with E-state index in [0.29, 0.717) is 30.2 Å². The van der Waals surface area contributed by atoms with Gasteiger partial charge in [0.1, 0.15) is 18.2 Å². The fraction of sp³-hybridized carbons (Fsp3) is 0.148. The van der Waals surface area contributed by atoms with Crippen LogP contribution in [0.25, 0.3) is 6.08 Å². The van der Waals surface area contributed by atoms with Gasteiger partial charge >= 0.3 is 5.97 Å². The lowest BCUT2D eigenvalue weighted by molar-refractivity contribution is -0.117. The molecule has 3 rings (SSSR count). The summed E-state index contributed by atoms with van der Waals surface area (Å²) in [7, 11) is 0. The van der Waals surface area contributed by atoms with Crippen LogP contribution >= 0.6 is 0 Å². The topological polar surface area (TPSA) is 109 Å². The average Bonchev–Trinajstić information content (AvgIpc) is 2.86.